The zero-order valence-electron chi connectivity index (χ0n) is 6.99. The van der Waals surface area contributed by atoms with E-state index in [1.165, 1.54) is 0 Å². The Morgan fingerprint density at radius 3 is 2.83 bits per heavy atom. The van der Waals surface area contributed by atoms with Crippen LogP contribution in [0.15, 0.2) is 30.3 Å². The molecule has 1 radical (unpaired) electrons. The van der Waals surface area contributed by atoms with Crippen LogP contribution in [0.5, 0.6) is 5.75 Å². The van der Waals surface area contributed by atoms with Gasteiger partial charge in [0.25, 0.3) is 0 Å². The third-order valence-electron chi connectivity index (χ3n) is 1.53. The van der Waals surface area contributed by atoms with Crippen molar-refractivity contribution in [3.8, 4) is 5.75 Å². The summed E-state index contributed by atoms with van der Waals surface area (Å²) in [6.07, 6.45) is 3.34. The molecule has 63 valence electrons. The average molecular weight is 163 g/mol. The molecule has 0 spiro atoms. The zero-order chi connectivity index (χ0) is 8.81. The minimum atomic E-state index is -0.196. The van der Waals surface area contributed by atoms with Crippen molar-refractivity contribution in [3.63, 3.8) is 0 Å². The lowest BCUT2D eigenvalue weighted by molar-refractivity contribution is 0.233. The second-order valence-corrected chi connectivity index (χ2v) is 2.31. The van der Waals surface area contributed by atoms with Gasteiger partial charge in [0.15, 0.2) is 0 Å². The third kappa shape index (κ3) is 2.10. The summed E-state index contributed by atoms with van der Waals surface area (Å²) in [6.45, 7) is -0.196. The van der Waals surface area contributed by atoms with E-state index in [0.29, 0.717) is 0 Å². The largest absolute Gasteiger partial charge is 0.496 e. The molecule has 0 amide bonds. The van der Waals surface area contributed by atoms with Crippen molar-refractivity contribution in [2.75, 3.05) is 13.7 Å². The third-order valence-corrected chi connectivity index (χ3v) is 1.53. The highest BCUT2D eigenvalue weighted by Crippen LogP contribution is 2.18. The molecule has 1 rings (SSSR count). The number of hydrogen-bond donors (Lipinski definition) is 0. The van der Waals surface area contributed by atoms with E-state index in [9.17, 15) is 5.11 Å². The van der Waals surface area contributed by atoms with Gasteiger partial charge in [0.2, 0.25) is 0 Å². The molecule has 1 aromatic carbocycles. The Morgan fingerprint density at radius 2 is 2.17 bits per heavy atom. The second kappa shape index (κ2) is 4.57. The topological polar surface area (TPSA) is 29.1 Å². The molecule has 2 heteroatoms. The Morgan fingerprint density at radius 1 is 1.42 bits per heavy atom. The Balaban J connectivity index is 2.89. The minimum absolute atomic E-state index is 0.196. The fourth-order valence-corrected chi connectivity index (χ4v) is 0.979. The molecule has 0 saturated carbocycles. The second-order valence-electron chi connectivity index (χ2n) is 2.31. The fraction of sp³-hybridized carbons (Fsp3) is 0.200. The standard InChI is InChI=1S/C10H11O2/c1-12-10-7-3-2-5-9(10)6-4-8-11/h2-7H,8H2,1H3/b6-4+. The van der Waals surface area contributed by atoms with Gasteiger partial charge < -0.3 is 4.74 Å². The van der Waals surface area contributed by atoms with Crippen molar-refractivity contribution in [1.82, 2.24) is 0 Å². The van der Waals surface area contributed by atoms with Crippen LogP contribution in [0.1, 0.15) is 5.56 Å². The van der Waals surface area contributed by atoms with Crippen molar-refractivity contribution in [1.29, 1.82) is 0 Å². The lowest BCUT2D eigenvalue weighted by Gasteiger charge is -2.02. The SMILES string of the molecule is COc1ccccc1/C=C/C[O]. The summed E-state index contributed by atoms with van der Waals surface area (Å²) < 4.78 is 5.09. The normalized spacial score (nSPS) is 10.5. The van der Waals surface area contributed by atoms with Crippen LogP contribution in [0.4, 0.5) is 0 Å². The van der Waals surface area contributed by atoms with Crippen molar-refractivity contribution in [2.45, 2.75) is 0 Å². The van der Waals surface area contributed by atoms with Gasteiger partial charge in [-0.25, -0.2) is 5.11 Å². The highest BCUT2D eigenvalue weighted by molar-refractivity contribution is 5.56. The maximum absolute atomic E-state index is 10.2. The van der Waals surface area contributed by atoms with E-state index in [-0.39, 0.29) is 6.61 Å². The Bertz CT molecular complexity index is 266. The first-order valence-corrected chi connectivity index (χ1v) is 3.76. The molecule has 0 heterocycles. The number of benzene rings is 1. The number of methoxy groups -OCH3 is 1. The van der Waals surface area contributed by atoms with Gasteiger partial charge in [-0.2, -0.15) is 0 Å². The molecular weight excluding hydrogens is 152 g/mol. The van der Waals surface area contributed by atoms with Crippen LogP contribution in [0.2, 0.25) is 0 Å². The van der Waals surface area contributed by atoms with E-state index in [0.717, 1.165) is 11.3 Å². The van der Waals surface area contributed by atoms with Crippen LogP contribution in [0, 0.1) is 0 Å². The van der Waals surface area contributed by atoms with E-state index in [2.05, 4.69) is 0 Å². The van der Waals surface area contributed by atoms with E-state index >= 15 is 0 Å². The van der Waals surface area contributed by atoms with Crippen LogP contribution in [-0.4, -0.2) is 13.7 Å². The monoisotopic (exact) mass is 163 g/mol. The molecule has 0 bridgehead atoms. The molecule has 0 atom stereocenters. The highest BCUT2D eigenvalue weighted by atomic mass is 16.5. The molecule has 0 aliphatic carbocycles. The lowest BCUT2D eigenvalue weighted by atomic mass is 10.2. The van der Waals surface area contributed by atoms with Crippen molar-refractivity contribution >= 4 is 6.08 Å². The van der Waals surface area contributed by atoms with Crippen LogP contribution in [-0.2, 0) is 5.11 Å². The smallest absolute Gasteiger partial charge is 0.126 e. The van der Waals surface area contributed by atoms with Gasteiger partial charge >= 0.3 is 0 Å². The predicted molar refractivity (Wildman–Crippen MR) is 47.6 cm³/mol. The lowest BCUT2D eigenvalue weighted by Crippen LogP contribution is -1.85. The number of rotatable bonds is 3. The van der Waals surface area contributed by atoms with E-state index < -0.39 is 0 Å². The Kier molecular flexibility index (Phi) is 3.35. The minimum Gasteiger partial charge on any atom is -0.496 e. The molecule has 0 aliphatic heterocycles. The molecule has 0 unspecified atom stereocenters. The molecule has 0 saturated heterocycles. The summed E-state index contributed by atoms with van der Waals surface area (Å²) in [6, 6.07) is 7.58. The van der Waals surface area contributed by atoms with Crippen LogP contribution in [0.25, 0.3) is 6.08 Å². The Hall–Kier alpha value is -1.28. The van der Waals surface area contributed by atoms with Gasteiger partial charge in [-0.15, -0.1) is 0 Å². The van der Waals surface area contributed by atoms with Crippen LogP contribution < -0.4 is 4.74 Å². The first-order chi connectivity index (χ1) is 5.88. The summed E-state index contributed by atoms with van der Waals surface area (Å²) in [5, 5.41) is 10.2. The molecule has 2 nitrogen and oxygen atoms in total. The van der Waals surface area contributed by atoms with Crippen molar-refractivity contribution < 1.29 is 9.84 Å². The maximum atomic E-state index is 10.2. The van der Waals surface area contributed by atoms with E-state index in [1.54, 1.807) is 19.3 Å². The summed E-state index contributed by atoms with van der Waals surface area (Å²) in [5.41, 5.74) is 0.941. The molecule has 0 aliphatic rings. The van der Waals surface area contributed by atoms with Gasteiger partial charge in [-0.1, -0.05) is 30.4 Å². The molecule has 0 aromatic heterocycles. The number of para-hydroxylation sites is 1. The van der Waals surface area contributed by atoms with Gasteiger partial charge in [0.1, 0.15) is 12.4 Å². The fourth-order valence-electron chi connectivity index (χ4n) is 0.979. The Labute approximate surface area is 72.1 Å². The predicted octanol–water partition coefficient (Wildman–Crippen LogP) is 2.14. The van der Waals surface area contributed by atoms with Crippen LogP contribution >= 0.6 is 0 Å². The molecule has 1 aromatic rings. The van der Waals surface area contributed by atoms with Gasteiger partial charge in [-0.3, -0.25) is 0 Å². The van der Waals surface area contributed by atoms with E-state index in [4.69, 9.17) is 4.74 Å². The first-order valence-electron chi connectivity index (χ1n) is 3.76. The quantitative estimate of drug-likeness (QED) is 0.671. The molecule has 0 N–H and O–H groups in total. The summed E-state index contributed by atoms with van der Waals surface area (Å²) in [4.78, 5) is 0. The number of ether oxygens (including phenoxy) is 1. The van der Waals surface area contributed by atoms with Crippen molar-refractivity contribution in [3.05, 3.63) is 35.9 Å². The van der Waals surface area contributed by atoms with E-state index in [1.807, 2.05) is 24.3 Å². The van der Waals surface area contributed by atoms with Gasteiger partial charge in [0, 0.05) is 5.56 Å². The average Bonchev–Trinajstić information content (AvgIpc) is 2.15. The summed E-state index contributed by atoms with van der Waals surface area (Å²) in [7, 11) is 1.61. The molecule has 12 heavy (non-hydrogen) atoms. The van der Waals surface area contributed by atoms with Gasteiger partial charge in [0.05, 0.1) is 7.11 Å². The molecule has 0 fully saturated rings. The zero-order valence-corrected chi connectivity index (χ0v) is 6.99. The molecular formula is C10H11O2. The first kappa shape index (κ1) is 8.81. The van der Waals surface area contributed by atoms with Crippen LogP contribution in [0.3, 0.4) is 0 Å². The summed E-state index contributed by atoms with van der Waals surface area (Å²) in [5.74, 6) is 0.794. The highest BCUT2D eigenvalue weighted by Gasteiger charge is 1.94. The summed E-state index contributed by atoms with van der Waals surface area (Å²) >= 11 is 0. The number of hydrogen-bond acceptors (Lipinski definition) is 1. The maximum Gasteiger partial charge on any atom is 0.126 e. The van der Waals surface area contributed by atoms with Crippen molar-refractivity contribution in [2.24, 2.45) is 0 Å². The van der Waals surface area contributed by atoms with Gasteiger partial charge in [-0.05, 0) is 6.07 Å².